The Hall–Kier alpha value is -0.990. The largest absolute Gasteiger partial charge is 0.361 e. The molecule has 88 valence electrons. The fourth-order valence-corrected chi connectivity index (χ4v) is 1.86. The van der Waals surface area contributed by atoms with E-state index >= 15 is 0 Å². The van der Waals surface area contributed by atoms with Crippen LogP contribution in [0.4, 0.5) is 0 Å². The summed E-state index contributed by atoms with van der Waals surface area (Å²) in [6.07, 6.45) is 3.08. The second kappa shape index (κ2) is 5.37. The fraction of sp³-hybridized carbons (Fsp3) is 0.385. The molecule has 0 aliphatic heterocycles. The first-order valence-corrected chi connectivity index (χ1v) is 5.55. The number of benzene rings is 1. The van der Waals surface area contributed by atoms with Crippen LogP contribution in [0, 0.1) is 5.92 Å². The van der Waals surface area contributed by atoms with E-state index in [0.29, 0.717) is 5.92 Å². The van der Waals surface area contributed by atoms with E-state index in [9.17, 15) is 0 Å². The van der Waals surface area contributed by atoms with E-state index < -0.39 is 0 Å². The molecule has 0 spiro atoms. The van der Waals surface area contributed by atoms with Crippen LogP contribution in [0.2, 0.25) is 0 Å². The van der Waals surface area contributed by atoms with Crippen LogP contribution in [0.25, 0.3) is 10.9 Å². The van der Waals surface area contributed by atoms with Crippen LogP contribution in [0.1, 0.15) is 31.9 Å². The third-order valence-electron chi connectivity index (χ3n) is 3.22. The minimum atomic E-state index is 0. The standard InChI is InChI=1S/C13H18N2.ClH/c1-3-9(2)13(14)11-5-4-10-6-7-15-12(10)8-11;/h4-9,13,15H,3,14H2,1-2H3;1H/t9?,13-;/m1./s1. The van der Waals surface area contributed by atoms with Gasteiger partial charge < -0.3 is 10.7 Å². The van der Waals surface area contributed by atoms with Crippen LogP contribution < -0.4 is 5.73 Å². The van der Waals surface area contributed by atoms with Gasteiger partial charge in [-0.05, 0) is 29.0 Å². The molecule has 0 aliphatic rings. The molecule has 2 rings (SSSR count). The van der Waals surface area contributed by atoms with Crippen molar-refractivity contribution >= 4 is 23.3 Å². The van der Waals surface area contributed by atoms with Gasteiger partial charge in [0, 0.05) is 17.8 Å². The Morgan fingerprint density at radius 2 is 2.06 bits per heavy atom. The number of nitrogens with one attached hydrogen (secondary N) is 1. The van der Waals surface area contributed by atoms with E-state index in [0.717, 1.165) is 6.42 Å². The van der Waals surface area contributed by atoms with Gasteiger partial charge in [0.2, 0.25) is 0 Å². The minimum Gasteiger partial charge on any atom is -0.361 e. The Morgan fingerprint density at radius 1 is 1.31 bits per heavy atom. The molecule has 0 fully saturated rings. The Bertz CT molecular complexity index is 450. The monoisotopic (exact) mass is 238 g/mol. The highest BCUT2D eigenvalue weighted by Gasteiger charge is 2.13. The molecule has 0 aliphatic carbocycles. The maximum Gasteiger partial charge on any atom is 0.0457 e. The van der Waals surface area contributed by atoms with E-state index in [4.69, 9.17) is 5.73 Å². The summed E-state index contributed by atoms with van der Waals surface area (Å²) in [5, 5.41) is 1.25. The number of hydrogen-bond donors (Lipinski definition) is 2. The number of fused-ring (bicyclic) bond motifs is 1. The summed E-state index contributed by atoms with van der Waals surface area (Å²) >= 11 is 0. The van der Waals surface area contributed by atoms with Gasteiger partial charge in [0.1, 0.15) is 0 Å². The van der Waals surface area contributed by atoms with Crippen LogP contribution in [-0.4, -0.2) is 4.98 Å². The van der Waals surface area contributed by atoms with Gasteiger partial charge in [0.25, 0.3) is 0 Å². The van der Waals surface area contributed by atoms with Gasteiger partial charge in [0.05, 0.1) is 0 Å². The molecule has 3 heteroatoms. The lowest BCUT2D eigenvalue weighted by molar-refractivity contribution is 0.457. The van der Waals surface area contributed by atoms with Crippen LogP contribution in [0.5, 0.6) is 0 Å². The highest BCUT2D eigenvalue weighted by molar-refractivity contribution is 5.85. The number of rotatable bonds is 3. The Morgan fingerprint density at radius 3 is 2.75 bits per heavy atom. The minimum absolute atomic E-state index is 0. The van der Waals surface area contributed by atoms with Crippen molar-refractivity contribution < 1.29 is 0 Å². The molecule has 0 amide bonds. The van der Waals surface area contributed by atoms with Crippen molar-refractivity contribution in [2.75, 3.05) is 0 Å². The average molecular weight is 239 g/mol. The molecule has 1 aromatic heterocycles. The molecule has 2 atom stereocenters. The highest BCUT2D eigenvalue weighted by Crippen LogP contribution is 2.24. The summed E-state index contributed by atoms with van der Waals surface area (Å²) in [6.45, 7) is 4.38. The molecule has 0 bridgehead atoms. The zero-order valence-electron chi connectivity index (χ0n) is 9.73. The van der Waals surface area contributed by atoms with Crippen molar-refractivity contribution in [3.63, 3.8) is 0 Å². The highest BCUT2D eigenvalue weighted by atomic mass is 35.5. The van der Waals surface area contributed by atoms with Gasteiger partial charge in [0.15, 0.2) is 0 Å². The molecular formula is C13H19ClN2. The van der Waals surface area contributed by atoms with Crippen LogP contribution in [0.3, 0.4) is 0 Å². The molecule has 2 nitrogen and oxygen atoms in total. The van der Waals surface area contributed by atoms with Gasteiger partial charge in [-0.15, -0.1) is 12.4 Å². The summed E-state index contributed by atoms with van der Waals surface area (Å²) in [5.41, 5.74) is 8.59. The number of halogens is 1. The second-order valence-electron chi connectivity index (χ2n) is 4.24. The number of H-pyrrole nitrogens is 1. The van der Waals surface area contributed by atoms with E-state index in [1.165, 1.54) is 16.5 Å². The third kappa shape index (κ3) is 2.39. The number of aromatic amines is 1. The summed E-state index contributed by atoms with van der Waals surface area (Å²) < 4.78 is 0. The smallest absolute Gasteiger partial charge is 0.0457 e. The zero-order chi connectivity index (χ0) is 10.8. The van der Waals surface area contributed by atoms with Crippen molar-refractivity contribution in [2.24, 2.45) is 11.7 Å². The van der Waals surface area contributed by atoms with E-state index in [1.807, 2.05) is 6.20 Å². The number of hydrogen-bond acceptors (Lipinski definition) is 1. The van der Waals surface area contributed by atoms with Crippen molar-refractivity contribution in [2.45, 2.75) is 26.3 Å². The molecule has 0 radical (unpaired) electrons. The maximum absolute atomic E-state index is 6.19. The summed E-state index contributed by atoms with van der Waals surface area (Å²) in [7, 11) is 0. The molecule has 2 aromatic rings. The topological polar surface area (TPSA) is 41.8 Å². The molecule has 0 saturated heterocycles. The fourth-order valence-electron chi connectivity index (χ4n) is 1.86. The first-order chi connectivity index (χ1) is 7.22. The SMILES string of the molecule is CCC(C)[C@@H](N)c1ccc2cc[nH]c2c1.Cl. The molecule has 1 aromatic carbocycles. The van der Waals surface area contributed by atoms with Gasteiger partial charge in [-0.2, -0.15) is 0 Å². The van der Waals surface area contributed by atoms with Crippen molar-refractivity contribution in [1.29, 1.82) is 0 Å². The van der Waals surface area contributed by atoms with Crippen molar-refractivity contribution in [3.05, 3.63) is 36.0 Å². The summed E-state index contributed by atoms with van der Waals surface area (Å²) in [4.78, 5) is 3.22. The van der Waals surface area contributed by atoms with Gasteiger partial charge in [-0.3, -0.25) is 0 Å². The quantitative estimate of drug-likeness (QED) is 0.843. The van der Waals surface area contributed by atoms with E-state index in [-0.39, 0.29) is 18.4 Å². The zero-order valence-corrected chi connectivity index (χ0v) is 10.6. The maximum atomic E-state index is 6.19. The van der Waals surface area contributed by atoms with Gasteiger partial charge in [-0.1, -0.05) is 32.4 Å². The molecule has 16 heavy (non-hydrogen) atoms. The van der Waals surface area contributed by atoms with Crippen molar-refractivity contribution in [3.8, 4) is 0 Å². The molecule has 1 heterocycles. The predicted molar refractivity (Wildman–Crippen MR) is 71.9 cm³/mol. The average Bonchev–Trinajstić information content (AvgIpc) is 2.73. The molecule has 1 unspecified atom stereocenters. The van der Waals surface area contributed by atoms with Gasteiger partial charge >= 0.3 is 0 Å². The Labute approximate surface area is 103 Å². The van der Waals surface area contributed by atoms with Crippen LogP contribution in [0.15, 0.2) is 30.5 Å². The number of nitrogens with two attached hydrogens (primary N) is 1. The predicted octanol–water partition coefficient (Wildman–Crippen LogP) is 3.64. The second-order valence-corrected chi connectivity index (χ2v) is 4.24. The number of aromatic nitrogens is 1. The molecule has 0 saturated carbocycles. The van der Waals surface area contributed by atoms with E-state index in [1.54, 1.807) is 0 Å². The normalized spacial score (nSPS) is 14.4. The summed E-state index contributed by atoms with van der Waals surface area (Å²) in [6, 6.07) is 8.64. The van der Waals surface area contributed by atoms with E-state index in [2.05, 4.69) is 43.1 Å². The molecule has 3 N–H and O–H groups in total. The molecular weight excluding hydrogens is 220 g/mol. The first-order valence-electron chi connectivity index (χ1n) is 5.55. The lowest BCUT2D eigenvalue weighted by atomic mass is 9.93. The van der Waals surface area contributed by atoms with Crippen LogP contribution in [-0.2, 0) is 0 Å². The van der Waals surface area contributed by atoms with Crippen LogP contribution >= 0.6 is 12.4 Å². The lowest BCUT2D eigenvalue weighted by Gasteiger charge is -2.18. The third-order valence-corrected chi connectivity index (χ3v) is 3.22. The summed E-state index contributed by atoms with van der Waals surface area (Å²) in [5.74, 6) is 0.525. The Kier molecular flexibility index (Phi) is 4.39. The lowest BCUT2D eigenvalue weighted by Crippen LogP contribution is -2.18. The Balaban J connectivity index is 0.00000128. The van der Waals surface area contributed by atoms with Gasteiger partial charge in [-0.25, -0.2) is 0 Å². The van der Waals surface area contributed by atoms with Crippen molar-refractivity contribution in [1.82, 2.24) is 4.98 Å². The first kappa shape index (κ1) is 13.1.